The minimum atomic E-state index is -0.284. The molecule has 214 valence electrons. The van der Waals surface area contributed by atoms with Gasteiger partial charge in [0.15, 0.2) is 11.6 Å². The van der Waals surface area contributed by atoms with Crippen LogP contribution in [0.25, 0.3) is 10.8 Å². The standard InChI is InChI=1S/C31H35ClN6O3/c1-33-18-24-27(10-6-20-4-8-23(40-2)9-5-20)34-19-25-29(24)30(35-17-21-7-11-28(41-3)26(32)16-21)36-37-31(25)38-14-12-22(39)13-15-38/h4-5,7-9,11,16,18-19,22,39H,6,10,12-15,17H2,1-3H3,(H,35,36). The lowest BCUT2D eigenvalue weighted by Gasteiger charge is -2.31. The number of pyridine rings is 1. The number of hydrogen-bond donors (Lipinski definition) is 2. The van der Waals surface area contributed by atoms with E-state index in [1.807, 2.05) is 42.7 Å². The molecule has 10 heteroatoms. The van der Waals surface area contributed by atoms with E-state index >= 15 is 0 Å². The molecular weight excluding hydrogens is 540 g/mol. The molecule has 1 aliphatic heterocycles. The Morgan fingerprint density at radius 3 is 2.49 bits per heavy atom. The Balaban J connectivity index is 1.53. The first-order valence-corrected chi connectivity index (χ1v) is 14.1. The number of aromatic nitrogens is 3. The molecule has 0 spiro atoms. The number of halogens is 1. The predicted molar refractivity (Wildman–Crippen MR) is 164 cm³/mol. The van der Waals surface area contributed by atoms with Crippen molar-refractivity contribution < 1.29 is 14.6 Å². The van der Waals surface area contributed by atoms with Crippen LogP contribution in [0, 0.1) is 0 Å². The lowest BCUT2D eigenvalue weighted by atomic mass is 10.00. The van der Waals surface area contributed by atoms with Gasteiger partial charge in [-0.25, -0.2) is 0 Å². The number of piperidine rings is 1. The van der Waals surface area contributed by atoms with Crippen molar-refractivity contribution in [2.75, 3.05) is 44.6 Å². The number of aliphatic hydroxyl groups is 1. The second-order valence-electron chi connectivity index (χ2n) is 10.1. The Bertz CT molecular complexity index is 1520. The molecule has 1 saturated heterocycles. The van der Waals surface area contributed by atoms with Crippen LogP contribution in [-0.4, -0.2) is 67.0 Å². The lowest BCUT2D eigenvalue weighted by Crippen LogP contribution is -2.36. The van der Waals surface area contributed by atoms with Crippen molar-refractivity contribution in [2.24, 2.45) is 4.99 Å². The minimum Gasteiger partial charge on any atom is -0.497 e. The van der Waals surface area contributed by atoms with Crippen LogP contribution in [0.15, 0.2) is 53.7 Å². The summed E-state index contributed by atoms with van der Waals surface area (Å²) in [5.41, 5.74) is 4.03. The van der Waals surface area contributed by atoms with E-state index in [-0.39, 0.29) is 6.10 Å². The Hall–Kier alpha value is -3.95. The molecule has 3 heterocycles. The Morgan fingerprint density at radius 2 is 1.80 bits per heavy atom. The van der Waals surface area contributed by atoms with Crippen LogP contribution in [-0.2, 0) is 19.4 Å². The summed E-state index contributed by atoms with van der Waals surface area (Å²) >= 11 is 6.38. The van der Waals surface area contributed by atoms with Gasteiger partial charge in [-0.2, -0.15) is 0 Å². The van der Waals surface area contributed by atoms with Crippen LogP contribution < -0.4 is 19.7 Å². The molecule has 0 radical (unpaired) electrons. The normalized spacial score (nSPS) is 14.1. The van der Waals surface area contributed by atoms with Crippen molar-refractivity contribution in [1.29, 1.82) is 0 Å². The molecular formula is C31H35ClN6O3. The Labute approximate surface area is 245 Å². The zero-order valence-electron chi connectivity index (χ0n) is 23.6. The van der Waals surface area contributed by atoms with Crippen LogP contribution in [0.4, 0.5) is 11.6 Å². The van der Waals surface area contributed by atoms with Gasteiger partial charge in [-0.1, -0.05) is 29.8 Å². The van der Waals surface area contributed by atoms with Crippen LogP contribution in [0.5, 0.6) is 11.5 Å². The van der Waals surface area contributed by atoms with E-state index in [4.69, 9.17) is 26.1 Å². The molecule has 2 aromatic heterocycles. The van der Waals surface area contributed by atoms with Crippen LogP contribution in [0.3, 0.4) is 0 Å². The molecule has 2 aromatic carbocycles. The average molecular weight is 575 g/mol. The first-order valence-electron chi connectivity index (χ1n) is 13.7. The number of rotatable bonds is 10. The maximum absolute atomic E-state index is 10.1. The third-order valence-corrected chi connectivity index (χ3v) is 7.72. The maximum atomic E-state index is 10.1. The Kier molecular flexibility index (Phi) is 9.16. The molecule has 4 aromatic rings. The number of aryl methyl sites for hydroxylation is 2. The first-order chi connectivity index (χ1) is 20.0. The summed E-state index contributed by atoms with van der Waals surface area (Å²) in [7, 11) is 5.03. The summed E-state index contributed by atoms with van der Waals surface area (Å²) in [4.78, 5) is 11.5. The van der Waals surface area contributed by atoms with E-state index in [0.717, 1.165) is 52.0 Å². The number of anilines is 2. The summed E-state index contributed by atoms with van der Waals surface area (Å²) in [5.74, 6) is 2.88. The molecule has 1 aliphatic rings. The fourth-order valence-electron chi connectivity index (χ4n) is 5.15. The van der Waals surface area contributed by atoms with E-state index in [0.29, 0.717) is 49.1 Å². The van der Waals surface area contributed by atoms with E-state index < -0.39 is 0 Å². The topological polar surface area (TPSA) is 105 Å². The van der Waals surface area contributed by atoms with Crippen molar-refractivity contribution in [3.8, 4) is 11.5 Å². The average Bonchev–Trinajstić information content (AvgIpc) is 3.00. The van der Waals surface area contributed by atoms with Crippen molar-refractivity contribution in [1.82, 2.24) is 15.2 Å². The summed E-state index contributed by atoms with van der Waals surface area (Å²) in [6, 6.07) is 13.8. The van der Waals surface area contributed by atoms with E-state index in [9.17, 15) is 5.11 Å². The third kappa shape index (κ3) is 6.52. The predicted octanol–water partition coefficient (Wildman–Crippen LogP) is 5.10. The van der Waals surface area contributed by atoms with Crippen LogP contribution >= 0.6 is 11.6 Å². The van der Waals surface area contributed by atoms with Gasteiger partial charge >= 0.3 is 0 Å². The second-order valence-corrected chi connectivity index (χ2v) is 10.5. The molecule has 0 saturated carbocycles. The number of fused-ring (bicyclic) bond motifs is 1. The third-order valence-electron chi connectivity index (χ3n) is 7.43. The fraction of sp³-hybridized carbons (Fsp3) is 0.355. The number of hydrogen-bond acceptors (Lipinski definition) is 9. The summed E-state index contributed by atoms with van der Waals surface area (Å²) in [6.45, 7) is 1.91. The van der Waals surface area contributed by atoms with Gasteiger partial charge in [0.1, 0.15) is 11.5 Å². The van der Waals surface area contributed by atoms with Crippen molar-refractivity contribution >= 4 is 40.2 Å². The van der Waals surface area contributed by atoms with Gasteiger partial charge in [-0.05, 0) is 61.1 Å². The largest absolute Gasteiger partial charge is 0.497 e. The molecule has 9 nitrogen and oxygen atoms in total. The molecule has 5 rings (SSSR count). The summed E-state index contributed by atoms with van der Waals surface area (Å²) in [5, 5.41) is 25.2. The zero-order valence-corrected chi connectivity index (χ0v) is 24.4. The number of nitrogens with zero attached hydrogens (tertiary/aromatic N) is 5. The molecule has 1 fully saturated rings. The number of nitrogens with one attached hydrogen (secondary N) is 1. The van der Waals surface area contributed by atoms with Crippen LogP contribution in [0.2, 0.25) is 5.02 Å². The quantitative estimate of drug-likeness (QED) is 0.252. The number of aliphatic imine (C=N–C) groups is 1. The van der Waals surface area contributed by atoms with Crippen LogP contribution in [0.1, 0.15) is 35.2 Å². The summed E-state index contributed by atoms with van der Waals surface area (Å²) in [6.07, 6.45) is 6.40. The van der Waals surface area contributed by atoms with Gasteiger partial charge in [0.05, 0.1) is 31.0 Å². The fourth-order valence-corrected chi connectivity index (χ4v) is 5.44. The van der Waals surface area contributed by atoms with E-state index in [1.165, 1.54) is 5.56 Å². The monoisotopic (exact) mass is 574 g/mol. The zero-order chi connectivity index (χ0) is 28.8. The van der Waals surface area contributed by atoms with Crippen molar-refractivity contribution in [3.63, 3.8) is 0 Å². The van der Waals surface area contributed by atoms with E-state index in [2.05, 4.69) is 37.5 Å². The molecule has 0 atom stereocenters. The molecule has 0 aliphatic carbocycles. The van der Waals surface area contributed by atoms with Gasteiger partial charge in [0.25, 0.3) is 0 Å². The molecule has 0 bridgehead atoms. The van der Waals surface area contributed by atoms with Crippen molar-refractivity contribution in [2.45, 2.75) is 38.3 Å². The van der Waals surface area contributed by atoms with Gasteiger partial charge in [0.2, 0.25) is 0 Å². The number of ether oxygens (including phenoxy) is 2. The number of aliphatic hydroxyl groups excluding tert-OH is 1. The highest BCUT2D eigenvalue weighted by molar-refractivity contribution is 6.32. The van der Waals surface area contributed by atoms with Crippen molar-refractivity contribution in [3.05, 3.63) is 76.1 Å². The minimum absolute atomic E-state index is 0.284. The molecule has 0 amide bonds. The Morgan fingerprint density at radius 1 is 1.05 bits per heavy atom. The van der Waals surface area contributed by atoms with Gasteiger partial charge < -0.3 is 24.8 Å². The lowest BCUT2D eigenvalue weighted by molar-refractivity contribution is 0.145. The highest BCUT2D eigenvalue weighted by Gasteiger charge is 2.24. The molecule has 0 unspecified atom stereocenters. The molecule has 41 heavy (non-hydrogen) atoms. The highest BCUT2D eigenvalue weighted by Crippen LogP contribution is 2.34. The summed E-state index contributed by atoms with van der Waals surface area (Å²) < 4.78 is 10.6. The first kappa shape index (κ1) is 28.6. The molecule has 2 N–H and O–H groups in total. The smallest absolute Gasteiger partial charge is 0.160 e. The number of methoxy groups -OCH3 is 2. The second kappa shape index (κ2) is 13.1. The maximum Gasteiger partial charge on any atom is 0.160 e. The van der Waals surface area contributed by atoms with Gasteiger partial charge in [-0.3, -0.25) is 9.98 Å². The highest BCUT2D eigenvalue weighted by atomic mass is 35.5. The SMILES string of the molecule is CN=Cc1c(CCc2ccc(OC)cc2)ncc2c(N3CCC(O)CC3)nnc(NCc3ccc(OC)c(Cl)c3)c12. The van der Waals surface area contributed by atoms with Gasteiger partial charge in [-0.15, -0.1) is 10.2 Å². The van der Waals surface area contributed by atoms with Gasteiger partial charge in [0, 0.05) is 55.4 Å². The number of benzene rings is 2. The van der Waals surface area contributed by atoms with E-state index in [1.54, 1.807) is 21.3 Å².